The van der Waals surface area contributed by atoms with Crippen LogP contribution in [-0.2, 0) is 11.3 Å². The lowest BCUT2D eigenvalue weighted by Crippen LogP contribution is -2.39. The topological polar surface area (TPSA) is 102 Å². The van der Waals surface area contributed by atoms with E-state index >= 15 is 0 Å². The van der Waals surface area contributed by atoms with Gasteiger partial charge < -0.3 is 9.88 Å². The van der Waals surface area contributed by atoms with Crippen LogP contribution in [0.3, 0.4) is 0 Å². The average molecular weight is 425 g/mol. The molecule has 9 heteroatoms. The normalized spacial score (nSPS) is 11.7. The Morgan fingerprint density at radius 2 is 1.87 bits per heavy atom. The van der Waals surface area contributed by atoms with E-state index in [1.54, 1.807) is 19.3 Å². The molecule has 2 aromatic heterocycles. The number of benzene rings is 1. The first kappa shape index (κ1) is 21.5. The van der Waals surface area contributed by atoms with Crippen molar-refractivity contribution in [3.63, 3.8) is 0 Å². The number of nitrogens with one attached hydrogen (secondary N) is 2. The maximum absolute atomic E-state index is 12.5. The largest absolute Gasteiger partial charge is 0.325 e. The van der Waals surface area contributed by atoms with Gasteiger partial charge in [0.05, 0.1) is 5.25 Å². The van der Waals surface area contributed by atoms with E-state index in [4.69, 9.17) is 0 Å². The molecule has 30 heavy (non-hydrogen) atoms. The molecule has 8 nitrogen and oxygen atoms in total. The first-order valence-electron chi connectivity index (χ1n) is 9.58. The minimum absolute atomic E-state index is 0.404. The number of nitrogens with zero attached hydrogens (tertiary/aromatic N) is 4. The number of thioether (sulfide) groups is 1. The minimum atomic E-state index is -0.561. The third-order valence-corrected chi connectivity index (χ3v) is 5.57. The standard InChI is InChI=1S/C21H24N6O2S/c1-5-27-18(16-8-10-22-11-9-16)25-26-21(27)30-15(4)19(28)24-20(29)23-17-7-6-13(2)12-14(17)3/h6-12,15H,5H2,1-4H3,(H2,23,24,28,29). The number of urea groups is 1. The van der Waals surface area contributed by atoms with Crippen molar-refractivity contribution in [2.24, 2.45) is 0 Å². The van der Waals surface area contributed by atoms with Crippen LogP contribution in [0.15, 0.2) is 47.9 Å². The number of aromatic nitrogens is 4. The summed E-state index contributed by atoms with van der Waals surface area (Å²) in [5.41, 5.74) is 3.60. The highest BCUT2D eigenvalue weighted by molar-refractivity contribution is 8.00. The van der Waals surface area contributed by atoms with Gasteiger partial charge in [-0.2, -0.15) is 0 Å². The molecule has 3 aromatic rings. The fourth-order valence-corrected chi connectivity index (χ4v) is 3.82. The first-order chi connectivity index (χ1) is 14.4. The number of carbonyl (C=O) groups excluding carboxylic acids is 2. The Labute approximate surface area is 179 Å². The predicted molar refractivity (Wildman–Crippen MR) is 117 cm³/mol. The van der Waals surface area contributed by atoms with Crippen LogP contribution < -0.4 is 10.6 Å². The summed E-state index contributed by atoms with van der Waals surface area (Å²) in [6.45, 7) is 8.25. The van der Waals surface area contributed by atoms with E-state index in [1.165, 1.54) is 11.8 Å². The van der Waals surface area contributed by atoms with Gasteiger partial charge in [-0.05, 0) is 51.5 Å². The highest BCUT2D eigenvalue weighted by atomic mass is 32.2. The highest BCUT2D eigenvalue weighted by Crippen LogP contribution is 2.26. The molecule has 2 heterocycles. The number of aryl methyl sites for hydroxylation is 2. The van der Waals surface area contributed by atoms with E-state index in [0.29, 0.717) is 23.2 Å². The van der Waals surface area contributed by atoms with E-state index in [0.717, 1.165) is 16.7 Å². The number of imide groups is 1. The number of hydrogen-bond acceptors (Lipinski definition) is 6. The van der Waals surface area contributed by atoms with Crippen molar-refractivity contribution in [2.45, 2.75) is 44.6 Å². The van der Waals surface area contributed by atoms with Crippen LogP contribution in [-0.4, -0.2) is 36.9 Å². The summed E-state index contributed by atoms with van der Waals surface area (Å²) in [5.74, 6) is 0.306. The maximum Gasteiger partial charge on any atom is 0.325 e. The summed E-state index contributed by atoms with van der Waals surface area (Å²) >= 11 is 1.25. The molecule has 0 aliphatic rings. The maximum atomic E-state index is 12.5. The van der Waals surface area contributed by atoms with Gasteiger partial charge in [0.25, 0.3) is 0 Å². The van der Waals surface area contributed by atoms with Gasteiger partial charge in [0, 0.05) is 30.2 Å². The van der Waals surface area contributed by atoms with Gasteiger partial charge in [-0.15, -0.1) is 10.2 Å². The third-order valence-electron chi connectivity index (χ3n) is 4.49. The zero-order chi connectivity index (χ0) is 21.7. The third kappa shape index (κ3) is 5.04. The summed E-state index contributed by atoms with van der Waals surface area (Å²) in [4.78, 5) is 28.8. The molecule has 3 amide bonds. The molecule has 0 fully saturated rings. The van der Waals surface area contributed by atoms with Crippen molar-refractivity contribution in [3.8, 4) is 11.4 Å². The molecule has 0 radical (unpaired) electrons. The van der Waals surface area contributed by atoms with Crippen LogP contribution in [0.1, 0.15) is 25.0 Å². The van der Waals surface area contributed by atoms with Gasteiger partial charge in [0.2, 0.25) is 5.91 Å². The smallest absolute Gasteiger partial charge is 0.307 e. The highest BCUT2D eigenvalue weighted by Gasteiger charge is 2.22. The van der Waals surface area contributed by atoms with Crippen LogP contribution >= 0.6 is 11.8 Å². The Hall–Kier alpha value is -3.20. The Morgan fingerprint density at radius 3 is 2.53 bits per heavy atom. The quantitative estimate of drug-likeness (QED) is 0.584. The Balaban J connectivity index is 1.64. The lowest BCUT2D eigenvalue weighted by molar-refractivity contribution is -0.119. The van der Waals surface area contributed by atoms with Crippen molar-refractivity contribution in [1.29, 1.82) is 0 Å². The molecule has 1 unspecified atom stereocenters. The van der Waals surface area contributed by atoms with Crippen LogP contribution in [0.5, 0.6) is 0 Å². The number of hydrogen-bond donors (Lipinski definition) is 2. The minimum Gasteiger partial charge on any atom is -0.307 e. The lowest BCUT2D eigenvalue weighted by atomic mass is 10.1. The summed E-state index contributed by atoms with van der Waals surface area (Å²) in [6.07, 6.45) is 3.39. The molecule has 156 valence electrons. The predicted octanol–water partition coefficient (Wildman–Crippen LogP) is 3.81. The van der Waals surface area contributed by atoms with Gasteiger partial charge >= 0.3 is 6.03 Å². The summed E-state index contributed by atoms with van der Waals surface area (Å²) in [6, 6.07) is 8.84. The second-order valence-electron chi connectivity index (χ2n) is 6.81. The fraction of sp³-hybridized carbons (Fsp3) is 0.286. The summed E-state index contributed by atoms with van der Waals surface area (Å²) in [7, 11) is 0. The summed E-state index contributed by atoms with van der Waals surface area (Å²) in [5, 5.41) is 13.7. The van der Waals surface area contributed by atoms with Crippen molar-refractivity contribution in [1.82, 2.24) is 25.1 Å². The molecule has 0 spiro atoms. The molecular formula is C21H24N6O2S. The van der Waals surface area contributed by atoms with Crippen molar-refractivity contribution in [2.75, 3.05) is 5.32 Å². The SMILES string of the molecule is CCn1c(SC(C)C(=O)NC(=O)Nc2ccc(C)cc2C)nnc1-c1ccncc1. The molecule has 0 aliphatic heterocycles. The zero-order valence-electron chi connectivity index (χ0n) is 17.3. The number of pyridine rings is 1. The molecule has 0 saturated heterocycles. The molecule has 0 aliphatic carbocycles. The van der Waals surface area contributed by atoms with Gasteiger partial charge in [0.1, 0.15) is 0 Å². The number of amides is 3. The molecule has 0 saturated carbocycles. The van der Waals surface area contributed by atoms with Gasteiger partial charge in [-0.1, -0.05) is 29.5 Å². The Morgan fingerprint density at radius 1 is 1.13 bits per heavy atom. The van der Waals surface area contributed by atoms with Gasteiger partial charge in [0.15, 0.2) is 11.0 Å². The van der Waals surface area contributed by atoms with Crippen molar-refractivity contribution < 1.29 is 9.59 Å². The summed E-state index contributed by atoms with van der Waals surface area (Å²) < 4.78 is 1.93. The monoisotopic (exact) mass is 424 g/mol. The van der Waals surface area contributed by atoms with Crippen LogP contribution in [0, 0.1) is 13.8 Å². The zero-order valence-corrected chi connectivity index (χ0v) is 18.2. The number of carbonyl (C=O) groups is 2. The molecule has 3 rings (SSSR count). The van der Waals surface area contributed by atoms with Gasteiger partial charge in [-0.25, -0.2) is 4.79 Å². The lowest BCUT2D eigenvalue weighted by Gasteiger charge is -2.13. The van der Waals surface area contributed by atoms with Gasteiger partial charge in [-0.3, -0.25) is 15.1 Å². The van der Waals surface area contributed by atoms with Crippen LogP contribution in [0.25, 0.3) is 11.4 Å². The van der Waals surface area contributed by atoms with E-state index in [2.05, 4.69) is 25.8 Å². The molecule has 2 N–H and O–H groups in total. The molecule has 0 bridgehead atoms. The number of anilines is 1. The van der Waals surface area contributed by atoms with Crippen LogP contribution in [0.2, 0.25) is 0 Å². The van der Waals surface area contributed by atoms with Crippen LogP contribution in [0.4, 0.5) is 10.5 Å². The molecule has 1 aromatic carbocycles. The second kappa shape index (κ2) is 9.53. The molecule has 1 atom stereocenters. The van der Waals surface area contributed by atoms with Crippen molar-refractivity contribution >= 4 is 29.4 Å². The first-order valence-corrected chi connectivity index (χ1v) is 10.5. The van der Waals surface area contributed by atoms with E-state index < -0.39 is 17.2 Å². The van der Waals surface area contributed by atoms with E-state index in [-0.39, 0.29) is 0 Å². The van der Waals surface area contributed by atoms with E-state index in [1.807, 2.05) is 55.7 Å². The van der Waals surface area contributed by atoms with E-state index in [9.17, 15) is 9.59 Å². The molecular weight excluding hydrogens is 400 g/mol. The Kier molecular flexibility index (Phi) is 6.83. The Bertz CT molecular complexity index is 1050. The number of rotatable bonds is 6. The average Bonchev–Trinajstić information content (AvgIpc) is 3.13. The second-order valence-corrected chi connectivity index (χ2v) is 8.12. The van der Waals surface area contributed by atoms with Crippen molar-refractivity contribution in [3.05, 3.63) is 53.9 Å². The fourth-order valence-electron chi connectivity index (χ4n) is 2.91.